The van der Waals surface area contributed by atoms with Crippen molar-refractivity contribution in [1.82, 2.24) is 0 Å². The molecule has 1 aliphatic heterocycles. The second kappa shape index (κ2) is 5.70. The van der Waals surface area contributed by atoms with Crippen LogP contribution >= 0.6 is 0 Å². The van der Waals surface area contributed by atoms with Crippen molar-refractivity contribution in [3.63, 3.8) is 0 Å². The van der Waals surface area contributed by atoms with Crippen LogP contribution in [0.3, 0.4) is 0 Å². The maximum absolute atomic E-state index is 11.0. The molecule has 2 rings (SSSR count). The Morgan fingerprint density at radius 2 is 2.30 bits per heavy atom. The summed E-state index contributed by atoms with van der Waals surface area (Å²) < 4.78 is 5.22. The van der Waals surface area contributed by atoms with Crippen LogP contribution in [0.1, 0.15) is 12.0 Å². The number of anilines is 1. The predicted octanol–water partition coefficient (Wildman–Crippen LogP) is 1.89. The average molecular weight is 278 g/mol. The van der Waals surface area contributed by atoms with Gasteiger partial charge in [-0.1, -0.05) is 6.58 Å². The molecule has 0 aromatic heterocycles. The van der Waals surface area contributed by atoms with Crippen molar-refractivity contribution in [2.24, 2.45) is 0 Å². The van der Waals surface area contributed by atoms with E-state index in [-0.39, 0.29) is 23.1 Å². The molecule has 0 aliphatic carbocycles. The summed E-state index contributed by atoms with van der Waals surface area (Å²) in [7, 11) is 0. The Balaban J connectivity index is 2.23. The third kappa shape index (κ3) is 2.94. The van der Waals surface area contributed by atoms with Crippen LogP contribution in [-0.4, -0.2) is 35.3 Å². The molecule has 1 aromatic carbocycles. The van der Waals surface area contributed by atoms with Crippen molar-refractivity contribution in [2.45, 2.75) is 12.5 Å². The molecule has 0 amide bonds. The van der Waals surface area contributed by atoms with Crippen molar-refractivity contribution >= 4 is 22.9 Å². The number of nitrogens with zero attached hydrogens (tertiary/aromatic N) is 1. The fraction of sp³-hybridized carbons (Fsp3) is 0.308. The maximum atomic E-state index is 11.0. The van der Waals surface area contributed by atoms with Crippen molar-refractivity contribution in [1.29, 1.82) is 0 Å². The SMILES string of the molecule is C=C(C(=O)O)c1ccc([N+](=O)[O-])c(NCC2CCO2)c1. The molecule has 0 radical (unpaired) electrons. The fourth-order valence-corrected chi connectivity index (χ4v) is 1.82. The van der Waals surface area contributed by atoms with E-state index in [1.165, 1.54) is 18.2 Å². The highest BCUT2D eigenvalue weighted by molar-refractivity contribution is 6.14. The van der Waals surface area contributed by atoms with Gasteiger partial charge in [0.15, 0.2) is 0 Å². The second-order valence-electron chi connectivity index (χ2n) is 4.44. The van der Waals surface area contributed by atoms with Gasteiger partial charge in [-0.2, -0.15) is 0 Å². The highest BCUT2D eigenvalue weighted by atomic mass is 16.6. The van der Waals surface area contributed by atoms with E-state index in [2.05, 4.69) is 11.9 Å². The summed E-state index contributed by atoms with van der Waals surface area (Å²) in [6, 6.07) is 4.07. The zero-order chi connectivity index (χ0) is 14.7. The first-order valence-electron chi connectivity index (χ1n) is 6.05. The summed E-state index contributed by atoms with van der Waals surface area (Å²) in [6.07, 6.45) is 0.948. The van der Waals surface area contributed by atoms with Crippen LogP contribution in [0, 0.1) is 10.1 Å². The largest absolute Gasteiger partial charge is 0.478 e. The minimum Gasteiger partial charge on any atom is -0.478 e. The van der Waals surface area contributed by atoms with Crippen LogP contribution in [-0.2, 0) is 9.53 Å². The number of aliphatic carboxylic acids is 1. The summed E-state index contributed by atoms with van der Waals surface area (Å²) in [6.45, 7) is 4.59. The van der Waals surface area contributed by atoms with Gasteiger partial charge in [-0.3, -0.25) is 10.1 Å². The molecule has 2 N–H and O–H groups in total. The number of carboxylic acid groups (broad SMARTS) is 1. The molecule has 106 valence electrons. The summed E-state index contributed by atoms with van der Waals surface area (Å²) in [5, 5.41) is 22.8. The first kappa shape index (κ1) is 14.0. The van der Waals surface area contributed by atoms with E-state index < -0.39 is 10.9 Å². The topological polar surface area (TPSA) is 102 Å². The highest BCUT2D eigenvalue weighted by Gasteiger charge is 2.21. The summed E-state index contributed by atoms with van der Waals surface area (Å²) in [4.78, 5) is 21.3. The maximum Gasteiger partial charge on any atom is 0.335 e. The number of nitro groups is 1. The van der Waals surface area contributed by atoms with Crippen LogP contribution in [0.2, 0.25) is 0 Å². The number of carboxylic acids is 1. The molecule has 0 saturated carbocycles. The molecule has 1 fully saturated rings. The molecule has 0 bridgehead atoms. The quantitative estimate of drug-likeness (QED) is 0.468. The number of nitro benzene ring substituents is 1. The standard InChI is InChI=1S/C13H14N2O5/c1-8(13(16)17)9-2-3-12(15(18)19)11(6-9)14-7-10-4-5-20-10/h2-3,6,10,14H,1,4-5,7H2,(H,16,17). The number of hydrogen-bond donors (Lipinski definition) is 2. The Hall–Kier alpha value is -2.41. The van der Waals surface area contributed by atoms with E-state index in [1.807, 2.05) is 0 Å². The van der Waals surface area contributed by atoms with E-state index in [4.69, 9.17) is 9.84 Å². The van der Waals surface area contributed by atoms with Gasteiger partial charge in [-0.15, -0.1) is 0 Å². The van der Waals surface area contributed by atoms with Crippen molar-refractivity contribution in [2.75, 3.05) is 18.5 Å². The average Bonchev–Trinajstić information content (AvgIpc) is 2.35. The minimum absolute atomic E-state index is 0.0425. The van der Waals surface area contributed by atoms with Gasteiger partial charge in [0, 0.05) is 19.2 Å². The molecule has 1 unspecified atom stereocenters. The van der Waals surface area contributed by atoms with Gasteiger partial charge in [-0.05, 0) is 24.1 Å². The van der Waals surface area contributed by atoms with E-state index >= 15 is 0 Å². The number of hydrogen-bond acceptors (Lipinski definition) is 5. The van der Waals surface area contributed by atoms with Crippen molar-refractivity contribution in [3.05, 3.63) is 40.5 Å². The molecule has 1 atom stereocenters. The van der Waals surface area contributed by atoms with E-state index in [0.717, 1.165) is 6.42 Å². The first-order valence-corrected chi connectivity index (χ1v) is 6.05. The third-order valence-corrected chi connectivity index (χ3v) is 3.11. The number of carbonyl (C=O) groups is 1. The second-order valence-corrected chi connectivity index (χ2v) is 4.44. The first-order chi connectivity index (χ1) is 9.49. The molecule has 7 heteroatoms. The smallest absolute Gasteiger partial charge is 0.335 e. The Morgan fingerprint density at radius 3 is 2.80 bits per heavy atom. The van der Waals surface area contributed by atoms with Crippen molar-refractivity contribution < 1.29 is 19.6 Å². The zero-order valence-electron chi connectivity index (χ0n) is 10.7. The Bertz CT molecular complexity index is 566. The van der Waals surface area contributed by atoms with Gasteiger partial charge in [0.2, 0.25) is 0 Å². The molecular weight excluding hydrogens is 264 g/mol. The van der Waals surface area contributed by atoms with Crippen LogP contribution in [0.5, 0.6) is 0 Å². The monoisotopic (exact) mass is 278 g/mol. The molecule has 1 saturated heterocycles. The van der Waals surface area contributed by atoms with E-state index in [0.29, 0.717) is 18.7 Å². The minimum atomic E-state index is -1.16. The molecule has 20 heavy (non-hydrogen) atoms. The van der Waals surface area contributed by atoms with Crippen LogP contribution in [0.4, 0.5) is 11.4 Å². The zero-order valence-corrected chi connectivity index (χ0v) is 10.7. The van der Waals surface area contributed by atoms with Gasteiger partial charge in [0.1, 0.15) is 5.69 Å². The number of ether oxygens (including phenoxy) is 1. The lowest BCUT2D eigenvalue weighted by Gasteiger charge is -2.26. The third-order valence-electron chi connectivity index (χ3n) is 3.11. The summed E-state index contributed by atoms with van der Waals surface area (Å²) in [5.41, 5.74) is 0.389. The molecule has 0 spiro atoms. The summed E-state index contributed by atoms with van der Waals surface area (Å²) >= 11 is 0. The lowest BCUT2D eigenvalue weighted by Crippen LogP contribution is -2.33. The van der Waals surface area contributed by atoms with Gasteiger partial charge in [0.05, 0.1) is 16.6 Å². The molecule has 1 aliphatic rings. The van der Waals surface area contributed by atoms with Gasteiger partial charge in [0.25, 0.3) is 5.69 Å². The Labute approximate surface area is 115 Å². The Morgan fingerprint density at radius 1 is 1.60 bits per heavy atom. The van der Waals surface area contributed by atoms with Crippen LogP contribution < -0.4 is 5.32 Å². The fourth-order valence-electron chi connectivity index (χ4n) is 1.82. The summed E-state index contributed by atoms with van der Waals surface area (Å²) in [5.74, 6) is -1.16. The van der Waals surface area contributed by atoms with Crippen molar-refractivity contribution in [3.8, 4) is 0 Å². The van der Waals surface area contributed by atoms with Crippen LogP contribution in [0.25, 0.3) is 5.57 Å². The van der Waals surface area contributed by atoms with E-state index in [1.54, 1.807) is 0 Å². The van der Waals surface area contributed by atoms with E-state index in [9.17, 15) is 14.9 Å². The predicted molar refractivity (Wildman–Crippen MR) is 72.6 cm³/mol. The van der Waals surface area contributed by atoms with Gasteiger partial charge >= 0.3 is 5.97 Å². The molecular formula is C13H14N2O5. The highest BCUT2D eigenvalue weighted by Crippen LogP contribution is 2.28. The number of rotatable bonds is 6. The van der Waals surface area contributed by atoms with Crippen LogP contribution in [0.15, 0.2) is 24.8 Å². The Kier molecular flexibility index (Phi) is 3.99. The molecule has 7 nitrogen and oxygen atoms in total. The number of benzene rings is 1. The van der Waals surface area contributed by atoms with Gasteiger partial charge in [-0.25, -0.2) is 4.79 Å². The lowest BCUT2D eigenvalue weighted by molar-refractivity contribution is -0.384. The number of nitrogens with one attached hydrogen (secondary N) is 1. The molecule has 1 aromatic rings. The normalized spacial score (nSPS) is 17.1. The van der Waals surface area contributed by atoms with Gasteiger partial charge < -0.3 is 15.2 Å². The molecule has 1 heterocycles. The lowest BCUT2D eigenvalue weighted by atomic mass is 10.1.